The van der Waals surface area contributed by atoms with Crippen molar-refractivity contribution in [2.45, 2.75) is 69.8 Å². The number of piperidine rings is 2. The Hall–Kier alpha value is -2.75. The van der Waals surface area contributed by atoms with Crippen LogP contribution < -0.4 is 0 Å². The summed E-state index contributed by atoms with van der Waals surface area (Å²) in [5, 5.41) is 9.14. The molecule has 0 saturated carbocycles. The van der Waals surface area contributed by atoms with Gasteiger partial charge in [0.1, 0.15) is 0 Å². The zero-order valence-electron chi connectivity index (χ0n) is 23.0. The van der Waals surface area contributed by atoms with Gasteiger partial charge in [-0.2, -0.15) is 39.5 Å². The Morgan fingerprint density at radius 2 is 1.42 bits per heavy atom. The number of halogens is 9. The molecule has 0 atom stereocenters. The Kier molecular flexibility index (Phi) is 9.50. The summed E-state index contributed by atoms with van der Waals surface area (Å²) in [4.78, 5) is 27.9. The first kappa shape index (κ1) is 33.1. The third-order valence-electron chi connectivity index (χ3n) is 8.64. The molecular weight excluding hydrogens is 601 g/mol. The van der Waals surface area contributed by atoms with E-state index in [-0.39, 0.29) is 31.7 Å². The number of benzene rings is 1. The topological polar surface area (TPSA) is 73.3 Å². The summed E-state index contributed by atoms with van der Waals surface area (Å²) in [5.74, 6) is -1.40. The number of rotatable bonds is 6. The molecule has 16 heteroatoms. The fraction of sp³-hybridized carbons (Fsp3) is 0.704. The fourth-order valence-corrected chi connectivity index (χ4v) is 6.14. The number of likely N-dealkylation sites (tertiary alicyclic amines) is 3. The lowest BCUT2D eigenvalue weighted by molar-refractivity contribution is -0.308. The van der Waals surface area contributed by atoms with Gasteiger partial charge in [0.05, 0.1) is 11.5 Å². The number of hydrogen-bond acceptors (Lipinski definition) is 5. The number of alkyl halides is 9. The van der Waals surface area contributed by atoms with Gasteiger partial charge in [0.25, 0.3) is 6.10 Å². The van der Waals surface area contributed by atoms with Crippen LogP contribution in [0.3, 0.4) is 0 Å². The van der Waals surface area contributed by atoms with E-state index in [1.54, 1.807) is 11.0 Å². The third kappa shape index (κ3) is 8.25. The van der Waals surface area contributed by atoms with Crippen LogP contribution in [0.5, 0.6) is 0 Å². The lowest BCUT2D eigenvalue weighted by atomic mass is 9.77. The van der Waals surface area contributed by atoms with Crippen molar-refractivity contribution in [2.24, 2.45) is 11.3 Å². The highest BCUT2D eigenvalue weighted by molar-refractivity contribution is 5.70. The number of carboxylic acid groups (broad SMARTS) is 1. The summed E-state index contributed by atoms with van der Waals surface area (Å²) in [6.07, 6.45) is -20.1. The average molecular weight is 634 g/mol. The highest BCUT2D eigenvalue weighted by Crippen LogP contribution is 2.42. The first-order chi connectivity index (χ1) is 19.9. The maximum Gasteiger partial charge on any atom is 0.434 e. The molecule has 0 unspecified atom stereocenters. The maximum absolute atomic E-state index is 14.0. The van der Waals surface area contributed by atoms with E-state index >= 15 is 0 Å². The smallest absolute Gasteiger partial charge is 0.434 e. The molecule has 1 spiro atoms. The SMILES string of the molecule is O=C(O)C1CCN(Cc2ccc(CN3CCC4(CC3)CCN(C(=O)OC(C(F)(F)F)C(F)(F)F)C4)cc2C(F)(F)F)CC1. The summed E-state index contributed by atoms with van der Waals surface area (Å²) >= 11 is 0. The standard InChI is InChI=1S/C27H32F9N3O4/c28-25(29,30)20-13-17(1-2-19(20)15-37-8-3-18(4-9-37)21(40)41)14-38-10-5-24(6-11-38)7-12-39(16-24)23(42)43-22(26(31,32)33)27(34,35)36/h1-2,13,18,22H,3-12,14-16H2,(H,40,41). The van der Waals surface area contributed by atoms with Crippen LogP contribution in [0.1, 0.15) is 48.8 Å². The van der Waals surface area contributed by atoms with Crippen molar-refractivity contribution < 1.29 is 58.9 Å². The molecule has 0 radical (unpaired) electrons. The molecule has 1 aromatic carbocycles. The summed E-state index contributed by atoms with van der Waals surface area (Å²) in [6, 6.07) is 4.15. The van der Waals surface area contributed by atoms with Crippen molar-refractivity contribution in [3.05, 3.63) is 34.9 Å². The van der Waals surface area contributed by atoms with E-state index in [0.29, 0.717) is 63.8 Å². The van der Waals surface area contributed by atoms with Crippen molar-refractivity contribution >= 4 is 12.1 Å². The van der Waals surface area contributed by atoms with Crippen LogP contribution in [0.25, 0.3) is 0 Å². The van der Waals surface area contributed by atoms with Crippen LogP contribution in [0, 0.1) is 11.3 Å². The number of carbonyl (C=O) groups excluding carboxylic acids is 1. The molecule has 0 bridgehead atoms. The molecule has 1 aromatic rings. The van der Waals surface area contributed by atoms with Gasteiger partial charge in [0, 0.05) is 26.2 Å². The van der Waals surface area contributed by atoms with E-state index in [2.05, 4.69) is 4.74 Å². The minimum Gasteiger partial charge on any atom is -0.481 e. The molecule has 1 N–H and O–H groups in total. The fourth-order valence-electron chi connectivity index (χ4n) is 6.14. The Balaban J connectivity index is 1.33. The van der Waals surface area contributed by atoms with Crippen molar-refractivity contribution in [1.29, 1.82) is 0 Å². The number of ether oxygens (including phenoxy) is 1. The molecular formula is C27H32F9N3O4. The Morgan fingerprint density at radius 1 is 0.860 bits per heavy atom. The van der Waals surface area contributed by atoms with E-state index in [9.17, 15) is 49.1 Å². The van der Waals surface area contributed by atoms with Gasteiger partial charge in [-0.1, -0.05) is 12.1 Å². The summed E-state index contributed by atoms with van der Waals surface area (Å²) < 4.78 is 122. The molecule has 3 saturated heterocycles. The predicted octanol–water partition coefficient (Wildman–Crippen LogP) is 5.92. The minimum atomic E-state index is -5.81. The van der Waals surface area contributed by atoms with Crippen molar-refractivity contribution in [1.82, 2.24) is 14.7 Å². The van der Waals surface area contributed by atoms with Crippen LogP contribution in [0.15, 0.2) is 18.2 Å². The molecule has 3 heterocycles. The van der Waals surface area contributed by atoms with E-state index in [0.717, 1.165) is 11.0 Å². The number of aliphatic carboxylic acids is 1. The van der Waals surface area contributed by atoms with Crippen LogP contribution in [-0.2, 0) is 28.8 Å². The highest BCUT2D eigenvalue weighted by atomic mass is 19.4. The second-order valence-corrected chi connectivity index (χ2v) is 11.7. The monoisotopic (exact) mass is 633 g/mol. The number of carboxylic acids is 1. The third-order valence-corrected chi connectivity index (χ3v) is 8.64. The Morgan fingerprint density at radius 3 is 1.95 bits per heavy atom. The average Bonchev–Trinajstić information content (AvgIpc) is 3.31. The largest absolute Gasteiger partial charge is 0.481 e. The molecule has 43 heavy (non-hydrogen) atoms. The summed E-state index contributed by atoms with van der Waals surface area (Å²) in [5.41, 5.74) is -0.770. The number of nitrogens with zero attached hydrogens (tertiary/aromatic N) is 3. The Labute approximate surface area is 241 Å². The van der Waals surface area contributed by atoms with Gasteiger partial charge in [0.2, 0.25) is 0 Å². The van der Waals surface area contributed by atoms with Crippen molar-refractivity contribution in [3.63, 3.8) is 0 Å². The molecule has 3 fully saturated rings. The summed E-state index contributed by atoms with van der Waals surface area (Å²) in [7, 11) is 0. The minimum absolute atomic E-state index is 0.0410. The number of carbonyl (C=O) groups is 2. The van der Waals surface area contributed by atoms with Gasteiger partial charge in [-0.15, -0.1) is 0 Å². The van der Waals surface area contributed by atoms with E-state index in [4.69, 9.17) is 5.11 Å². The molecule has 1 amide bonds. The van der Waals surface area contributed by atoms with Gasteiger partial charge < -0.3 is 14.7 Å². The molecule has 0 aliphatic carbocycles. The molecule has 7 nitrogen and oxygen atoms in total. The van der Waals surface area contributed by atoms with E-state index in [1.807, 2.05) is 4.90 Å². The normalized spacial score (nSPS) is 21.1. The van der Waals surface area contributed by atoms with Crippen LogP contribution >= 0.6 is 0 Å². The van der Waals surface area contributed by atoms with Crippen LogP contribution in [0.4, 0.5) is 44.3 Å². The Bertz CT molecular complexity index is 1140. The lowest BCUT2D eigenvalue weighted by Gasteiger charge is -2.39. The maximum atomic E-state index is 14.0. The first-order valence-electron chi connectivity index (χ1n) is 13.8. The van der Waals surface area contributed by atoms with Crippen LogP contribution in [0.2, 0.25) is 0 Å². The zero-order chi connectivity index (χ0) is 31.8. The van der Waals surface area contributed by atoms with E-state index in [1.165, 1.54) is 6.07 Å². The van der Waals surface area contributed by atoms with Gasteiger partial charge in [-0.25, -0.2) is 4.79 Å². The van der Waals surface area contributed by atoms with Gasteiger partial charge >= 0.3 is 30.6 Å². The predicted molar refractivity (Wildman–Crippen MR) is 133 cm³/mol. The van der Waals surface area contributed by atoms with Gasteiger partial charge in [-0.05, 0) is 80.9 Å². The van der Waals surface area contributed by atoms with E-state index < -0.39 is 53.6 Å². The quantitative estimate of drug-likeness (QED) is 0.393. The lowest BCUT2D eigenvalue weighted by Crippen LogP contribution is -2.48. The van der Waals surface area contributed by atoms with Gasteiger partial charge in [0.15, 0.2) is 0 Å². The zero-order valence-corrected chi connectivity index (χ0v) is 23.0. The molecule has 3 aliphatic rings. The molecule has 4 rings (SSSR count). The van der Waals surface area contributed by atoms with Gasteiger partial charge in [-0.3, -0.25) is 14.6 Å². The number of amides is 1. The second kappa shape index (κ2) is 12.3. The molecule has 3 aliphatic heterocycles. The molecule has 0 aromatic heterocycles. The second-order valence-electron chi connectivity index (χ2n) is 11.7. The van der Waals surface area contributed by atoms with Crippen molar-refractivity contribution in [3.8, 4) is 0 Å². The summed E-state index contributed by atoms with van der Waals surface area (Å²) in [6.45, 7) is 1.70. The molecule has 242 valence electrons. The number of hydrogen-bond donors (Lipinski definition) is 1. The highest BCUT2D eigenvalue weighted by Gasteiger charge is 2.60. The first-order valence-corrected chi connectivity index (χ1v) is 13.8. The van der Waals surface area contributed by atoms with Crippen molar-refractivity contribution in [2.75, 3.05) is 39.3 Å². The van der Waals surface area contributed by atoms with Crippen LogP contribution in [-0.4, -0.2) is 89.6 Å².